The quantitative estimate of drug-likeness (QED) is 0.572. The van der Waals surface area contributed by atoms with Crippen molar-refractivity contribution in [2.24, 2.45) is 0 Å². The van der Waals surface area contributed by atoms with E-state index in [1.54, 1.807) is 6.08 Å². The largest absolute Gasteiger partial charge is 0.468 e. The van der Waals surface area contributed by atoms with Gasteiger partial charge in [-0.25, -0.2) is 8.42 Å². The van der Waals surface area contributed by atoms with E-state index in [9.17, 15) is 13.2 Å². The van der Waals surface area contributed by atoms with E-state index >= 15 is 0 Å². The molecule has 5 nitrogen and oxygen atoms in total. The third kappa shape index (κ3) is 4.32. The SMILES string of the molecule is C=CCCN(c1c(C)cccc1C)S(=O)(=O)CC(=O)OC. The van der Waals surface area contributed by atoms with Crippen LogP contribution in [0.15, 0.2) is 30.9 Å². The predicted octanol–water partition coefficient (Wildman–Crippen LogP) is 2.19. The summed E-state index contributed by atoms with van der Waals surface area (Å²) in [5.41, 5.74) is 2.29. The normalized spacial score (nSPS) is 11.0. The van der Waals surface area contributed by atoms with E-state index in [-0.39, 0.29) is 6.54 Å². The molecule has 0 spiro atoms. The van der Waals surface area contributed by atoms with Crippen molar-refractivity contribution in [1.82, 2.24) is 0 Å². The van der Waals surface area contributed by atoms with E-state index in [2.05, 4.69) is 11.3 Å². The number of rotatable bonds is 7. The first-order chi connectivity index (χ1) is 9.83. The van der Waals surface area contributed by atoms with E-state index in [0.29, 0.717) is 12.1 Å². The maximum Gasteiger partial charge on any atom is 0.322 e. The topological polar surface area (TPSA) is 63.7 Å². The van der Waals surface area contributed by atoms with Crippen molar-refractivity contribution in [3.05, 3.63) is 42.0 Å². The summed E-state index contributed by atoms with van der Waals surface area (Å²) in [6.45, 7) is 7.55. The summed E-state index contributed by atoms with van der Waals surface area (Å²) in [6.07, 6.45) is 2.14. The van der Waals surface area contributed by atoms with Gasteiger partial charge in [0.2, 0.25) is 10.0 Å². The summed E-state index contributed by atoms with van der Waals surface area (Å²) in [5.74, 6) is -1.45. The van der Waals surface area contributed by atoms with E-state index in [1.165, 1.54) is 11.4 Å². The molecule has 0 aromatic heterocycles. The van der Waals surface area contributed by atoms with Crippen molar-refractivity contribution in [3.63, 3.8) is 0 Å². The lowest BCUT2D eigenvalue weighted by atomic mass is 10.1. The van der Waals surface area contributed by atoms with Gasteiger partial charge in [0.15, 0.2) is 5.75 Å². The first-order valence-corrected chi connectivity index (χ1v) is 8.18. The number of para-hydroxylation sites is 1. The fourth-order valence-electron chi connectivity index (χ4n) is 2.08. The zero-order valence-electron chi connectivity index (χ0n) is 12.6. The van der Waals surface area contributed by atoms with Crippen LogP contribution < -0.4 is 4.31 Å². The van der Waals surface area contributed by atoms with Gasteiger partial charge in [0.1, 0.15) is 0 Å². The monoisotopic (exact) mass is 311 g/mol. The van der Waals surface area contributed by atoms with Crippen LogP contribution in [0.4, 0.5) is 5.69 Å². The molecule has 0 aliphatic heterocycles. The number of esters is 1. The molecule has 1 aromatic carbocycles. The summed E-state index contributed by atoms with van der Waals surface area (Å²) in [5, 5.41) is 0. The van der Waals surface area contributed by atoms with E-state index in [0.717, 1.165) is 11.1 Å². The maximum absolute atomic E-state index is 12.5. The smallest absolute Gasteiger partial charge is 0.322 e. The fraction of sp³-hybridized carbons (Fsp3) is 0.400. The molecule has 0 fully saturated rings. The zero-order chi connectivity index (χ0) is 16.0. The van der Waals surface area contributed by atoms with Gasteiger partial charge < -0.3 is 4.74 Å². The second-order valence-electron chi connectivity index (χ2n) is 4.72. The highest BCUT2D eigenvalue weighted by molar-refractivity contribution is 7.93. The van der Waals surface area contributed by atoms with Crippen molar-refractivity contribution < 1.29 is 17.9 Å². The summed E-state index contributed by atoms with van der Waals surface area (Å²) < 4.78 is 30.7. The van der Waals surface area contributed by atoms with Gasteiger partial charge in [-0.1, -0.05) is 24.3 Å². The first-order valence-electron chi connectivity index (χ1n) is 6.57. The van der Waals surface area contributed by atoms with Gasteiger partial charge in [-0.05, 0) is 31.4 Å². The van der Waals surface area contributed by atoms with Gasteiger partial charge >= 0.3 is 5.97 Å². The molecule has 0 N–H and O–H groups in total. The van der Waals surface area contributed by atoms with Crippen LogP contribution in [0.1, 0.15) is 17.5 Å². The van der Waals surface area contributed by atoms with Crippen molar-refractivity contribution in [2.45, 2.75) is 20.3 Å². The Labute approximate surface area is 126 Å². The molecule has 6 heteroatoms. The molecule has 21 heavy (non-hydrogen) atoms. The van der Waals surface area contributed by atoms with Crippen LogP contribution in [0.25, 0.3) is 0 Å². The number of anilines is 1. The van der Waals surface area contributed by atoms with Gasteiger partial charge in [0.05, 0.1) is 12.8 Å². The number of hydrogen-bond donors (Lipinski definition) is 0. The molecule has 116 valence electrons. The lowest BCUT2D eigenvalue weighted by Gasteiger charge is -2.26. The van der Waals surface area contributed by atoms with Crippen LogP contribution in [0, 0.1) is 13.8 Å². The number of carbonyl (C=O) groups excluding carboxylic acids is 1. The highest BCUT2D eigenvalue weighted by Gasteiger charge is 2.27. The Morgan fingerprint density at radius 3 is 2.38 bits per heavy atom. The molecule has 0 radical (unpaired) electrons. The van der Waals surface area contributed by atoms with Gasteiger partial charge in [-0.3, -0.25) is 9.10 Å². The minimum atomic E-state index is -3.79. The molecule has 0 aliphatic rings. The lowest BCUT2D eigenvalue weighted by molar-refractivity contribution is -0.137. The Morgan fingerprint density at radius 2 is 1.90 bits per heavy atom. The Morgan fingerprint density at radius 1 is 1.33 bits per heavy atom. The number of sulfonamides is 1. The van der Waals surface area contributed by atoms with Crippen LogP contribution in [-0.2, 0) is 19.6 Å². The Bertz CT molecular complexity index is 602. The second-order valence-corrected chi connectivity index (χ2v) is 6.62. The molecule has 1 rings (SSSR count). The summed E-state index contributed by atoms with van der Waals surface area (Å²) in [6, 6.07) is 5.56. The number of ether oxygens (including phenoxy) is 1. The van der Waals surface area contributed by atoms with Crippen LogP contribution in [0.3, 0.4) is 0 Å². The molecule has 0 saturated carbocycles. The number of nitrogens with zero attached hydrogens (tertiary/aromatic N) is 1. The van der Waals surface area contributed by atoms with Crippen LogP contribution >= 0.6 is 0 Å². The van der Waals surface area contributed by atoms with E-state index in [4.69, 9.17) is 0 Å². The Balaban J connectivity index is 3.29. The number of methoxy groups -OCH3 is 1. The van der Waals surface area contributed by atoms with Crippen molar-refractivity contribution in [1.29, 1.82) is 0 Å². The number of aryl methyl sites for hydroxylation is 2. The second kappa shape index (κ2) is 7.26. The van der Waals surface area contributed by atoms with Crippen molar-refractivity contribution in [2.75, 3.05) is 23.7 Å². The summed E-state index contributed by atoms with van der Waals surface area (Å²) in [7, 11) is -2.62. The molecule has 0 saturated heterocycles. The fourth-order valence-corrected chi connectivity index (χ4v) is 3.60. The molecule has 1 aromatic rings. The first kappa shape index (κ1) is 17.2. The average molecular weight is 311 g/mol. The highest BCUT2D eigenvalue weighted by atomic mass is 32.2. The molecule has 0 atom stereocenters. The minimum Gasteiger partial charge on any atom is -0.468 e. The molecule has 0 unspecified atom stereocenters. The maximum atomic E-state index is 12.5. The molecule has 0 bridgehead atoms. The predicted molar refractivity (Wildman–Crippen MR) is 83.9 cm³/mol. The summed E-state index contributed by atoms with van der Waals surface area (Å²) in [4.78, 5) is 11.4. The van der Waals surface area contributed by atoms with Crippen LogP contribution in [0.5, 0.6) is 0 Å². The molecule has 0 heterocycles. The molecular formula is C15H21NO4S. The Hall–Kier alpha value is -1.82. The van der Waals surface area contributed by atoms with Crippen molar-refractivity contribution in [3.8, 4) is 0 Å². The zero-order valence-corrected chi connectivity index (χ0v) is 13.4. The molecule has 0 aliphatic carbocycles. The van der Waals surface area contributed by atoms with Crippen LogP contribution in [0.2, 0.25) is 0 Å². The molecule has 0 amide bonds. The highest BCUT2D eigenvalue weighted by Crippen LogP contribution is 2.27. The van der Waals surface area contributed by atoms with Gasteiger partial charge in [-0.15, -0.1) is 6.58 Å². The van der Waals surface area contributed by atoms with Gasteiger partial charge in [0.25, 0.3) is 0 Å². The minimum absolute atomic E-state index is 0.245. The third-order valence-corrected chi connectivity index (χ3v) is 4.73. The van der Waals surface area contributed by atoms with Crippen LogP contribution in [-0.4, -0.2) is 33.8 Å². The van der Waals surface area contributed by atoms with E-state index in [1.807, 2.05) is 32.0 Å². The number of benzene rings is 1. The number of carbonyl (C=O) groups is 1. The van der Waals surface area contributed by atoms with E-state index < -0.39 is 21.7 Å². The van der Waals surface area contributed by atoms with Gasteiger partial charge in [0, 0.05) is 6.54 Å². The summed E-state index contributed by atoms with van der Waals surface area (Å²) >= 11 is 0. The third-order valence-electron chi connectivity index (χ3n) is 3.09. The number of hydrogen-bond acceptors (Lipinski definition) is 4. The Kier molecular flexibility index (Phi) is 5.96. The lowest BCUT2D eigenvalue weighted by Crippen LogP contribution is -2.37. The molecular weight excluding hydrogens is 290 g/mol. The standard InChI is InChI=1S/C15H21NO4S/c1-5-6-10-16(21(18,19)11-14(17)20-4)15-12(2)8-7-9-13(15)3/h5,7-9H,1,6,10-11H2,2-4H3. The average Bonchev–Trinajstić information content (AvgIpc) is 2.41. The van der Waals surface area contributed by atoms with Gasteiger partial charge in [-0.2, -0.15) is 0 Å². The van der Waals surface area contributed by atoms with Crippen molar-refractivity contribution >= 4 is 21.7 Å².